The Balaban J connectivity index is 1.92. The molecule has 0 fully saturated rings. The summed E-state index contributed by atoms with van der Waals surface area (Å²) in [6.45, 7) is 6.54. The van der Waals surface area contributed by atoms with Gasteiger partial charge in [-0.1, -0.05) is 6.07 Å². The van der Waals surface area contributed by atoms with E-state index in [0.29, 0.717) is 5.69 Å². The smallest absolute Gasteiger partial charge is 0.244 e. The molecule has 1 aromatic carbocycles. The summed E-state index contributed by atoms with van der Waals surface area (Å²) in [6, 6.07) is 8.40. The minimum Gasteiger partial charge on any atom is -0.344 e. The summed E-state index contributed by atoms with van der Waals surface area (Å²) >= 11 is 0. The number of anilines is 1. The van der Waals surface area contributed by atoms with Gasteiger partial charge >= 0.3 is 0 Å². The average Bonchev–Trinajstić information content (AvgIpc) is 2.93. The number of benzene rings is 1. The van der Waals surface area contributed by atoms with E-state index in [1.807, 2.05) is 32.0 Å². The van der Waals surface area contributed by atoms with Crippen LogP contribution in [0.1, 0.15) is 25.1 Å². The number of H-pyrrole nitrogens is 1. The van der Waals surface area contributed by atoms with Gasteiger partial charge in [0, 0.05) is 23.0 Å². The Kier molecular flexibility index (Phi) is 4.54. The molecule has 4 N–H and O–H groups in total. The van der Waals surface area contributed by atoms with Crippen LogP contribution in [0, 0.1) is 13.8 Å². The molecule has 0 unspecified atom stereocenters. The zero-order valence-electron chi connectivity index (χ0n) is 15.4. The maximum atomic E-state index is 13.9. The predicted molar refractivity (Wildman–Crippen MR) is 103 cm³/mol. The summed E-state index contributed by atoms with van der Waals surface area (Å²) in [6.07, 6.45) is 1.77. The summed E-state index contributed by atoms with van der Waals surface area (Å²) in [7, 11) is 0. The molecule has 0 aliphatic carbocycles. The molecular weight excluding hydrogens is 331 g/mol. The van der Waals surface area contributed by atoms with E-state index >= 15 is 0 Å². The number of aromatic amines is 1. The van der Waals surface area contributed by atoms with Gasteiger partial charge in [0.2, 0.25) is 5.91 Å². The molecule has 1 atom stereocenters. The number of halogens is 1. The van der Waals surface area contributed by atoms with Crippen LogP contribution >= 0.6 is 0 Å². The Morgan fingerprint density at radius 3 is 2.62 bits per heavy atom. The van der Waals surface area contributed by atoms with Crippen LogP contribution in [-0.4, -0.2) is 27.6 Å². The minimum atomic E-state index is -1.78. The number of amides is 1. The van der Waals surface area contributed by atoms with Crippen LogP contribution in [0.3, 0.4) is 0 Å². The minimum absolute atomic E-state index is 0.544. The molecule has 0 saturated carbocycles. The molecule has 136 valence electrons. The first kappa shape index (κ1) is 18.1. The largest absolute Gasteiger partial charge is 0.344 e. The molecule has 0 aliphatic rings. The van der Waals surface area contributed by atoms with Crippen molar-refractivity contribution in [3.05, 3.63) is 47.8 Å². The van der Waals surface area contributed by atoms with Gasteiger partial charge in [-0.15, -0.1) is 0 Å². The van der Waals surface area contributed by atoms with E-state index in [4.69, 9.17) is 5.73 Å². The fourth-order valence-electron chi connectivity index (χ4n) is 2.97. The third-order valence-electron chi connectivity index (χ3n) is 4.47. The second-order valence-electron chi connectivity index (χ2n) is 7.13. The van der Waals surface area contributed by atoms with Crippen LogP contribution in [-0.2, 0) is 4.79 Å². The normalized spacial score (nSPS) is 13.0. The van der Waals surface area contributed by atoms with Crippen molar-refractivity contribution in [2.45, 2.75) is 39.4 Å². The van der Waals surface area contributed by atoms with E-state index in [9.17, 15) is 9.18 Å². The molecule has 3 aromatic rings. The predicted octanol–water partition coefficient (Wildman–Crippen LogP) is 3.86. The number of fused-ring (bicyclic) bond motifs is 1. The average molecular weight is 354 g/mol. The quantitative estimate of drug-likeness (QED) is 0.665. The van der Waals surface area contributed by atoms with Gasteiger partial charge < -0.3 is 16.0 Å². The lowest BCUT2D eigenvalue weighted by atomic mass is 9.98. The number of carbonyl (C=O) groups excluding carboxylic acids is 1. The molecule has 0 aliphatic heterocycles. The first-order valence-corrected chi connectivity index (χ1v) is 8.47. The highest BCUT2D eigenvalue weighted by atomic mass is 19.1. The van der Waals surface area contributed by atoms with Gasteiger partial charge in [-0.25, -0.2) is 9.37 Å². The fraction of sp³-hybridized carbons (Fsp3) is 0.300. The van der Waals surface area contributed by atoms with Gasteiger partial charge in [-0.05, 0) is 68.7 Å². The Labute approximate surface area is 151 Å². The van der Waals surface area contributed by atoms with Crippen LogP contribution in [0.5, 0.6) is 0 Å². The third kappa shape index (κ3) is 3.46. The number of alkyl halides is 1. The Morgan fingerprint density at radius 1 is 1.23 bits per heavy atom. The van der Waals surface area contributed by atoms with Gasteiger partial charge in [0.05, 0.1) is 0 Å². The molecule has 0 spiro atoms. The maximum Gasteiger partial charge on any atom is 0.244 e. The van der Waals surface area contributed by atoms with E-state index < -0.39 is 17.6 Å². The fourth-order valence-corrected chi connectivity index (χ4v) is 2.97. The summed E-state index contributed by atoms with van der Waals surface area (Å²) < 4.78 is 13.9. The Bertz CT molecular complexity index is 972. The second kappa shape index (κ2) is 6.53. The molecular formula is C20H23FN4O. The highest BCUT2D eigenvalue weighted by Crippen LogP contribution is 2.31. The first-order valence-electron chi connectivity index (χ1n) is 8.47. The van der Waals surface area contributed by atoms with Crippen LogP contribution in [0.4, 0.5) is 10.1 Å². The van der Waals surface area contributed by atoms with Crippen LogP contribution in [0.25, 0.3) is 22.2 Å². The number of pyridine rings is 1. The van der Waals surface area contributed by atoms with Crippen molar-refractivity contribution in [2.75, 3.05) is 5.32 Å². The molecule has 2 heterocycles. The number of aryl methyl sites for hydroxylation is 2. The highest BCUT2D eigenvalue weighted by Gasteiger charge is 2.31. The van der Waals surface area contributed by atoms with Crippen LogP contribution in [0.2, 0.25) is 0 Å². The number of nitrogens with zero attached hydrogens (tertiary/aromatic N) is 1. The van der Waals surface area contributed by atoms with Gasteiger partial charge in [0.1, 0.15) is 17.4 Å². The zero-order chi connectivity index (χ0) is 19.1. The lowest BCUT2D eigenvalue weighted by Gasteiger charge is -2.22. The monoisotopic (exact) mass is 354 g/mol. The van der Waals surface area contributed by atoms with E-state index in [-0.39, 0.29) is 0 Å². The van der Waals surface area contributed by atoms with Gasteiger partial charge in [-0.3, -0.25) is 4.79 Å². The zero-order valence-corrected chi connectivity index (χ0v) is 15.4. The number of hydrogen-bond donors (Lipinski definition) is 3. The molecule has 6 heteroatoms. The van der Waals surface area contributed by atoms with E-state index in [1.54, 1.807) is 12.3 Å². The molecule has 0 radical (unpaired) electrons. The number of nitrogens with one attached hydrogen (secondary N) is 2. The van der Waals surface area contributed by atoms with E-state index in [1.165, 1.54) is 13.8 Å². The molecule has 0 bridgehead atoms. The molecule has 26 heavy (non-hydrogen) atoms. The van der Waals surface area contributed by atoms with E-state index in [0.717, 1.165) is 33.4 Å². The molecule has 2 aromatic heterocycles. The summed E-state index contributed by atoms with van der Waals surface area (Å²) in [5.41, 5.74) is 9.46. The van der Waals surface area contributed by atoms with Crippen molar-refractivity contribution in [3.8, 4) is 11.1 Å². The summed E-state index contributed by atoms with van der Waals surface area (Å²) in [5.74, 6) is -0.544. The highest BCUT2D eigenvalue weighted by molar-refractivity contribution is 5.97. The van der Waals surface area contributed by atoms with E-state index in [2.05, 4.69) is 21.4 Å². The van der Waals surface area contributed by atoms with Crippen LogP contribution < -0.4 is 11.1 Å². The first-order chi connectivity index (χ1) is 12.2. The van der Waals surface area contributed by atoms with Crippen molar-refractivity contribution in [1.29, 1.82) is 0 Å². The topological polar surface area (TPSA) is 83.8 Å². The van der Waals surface area contributed by atoms with Gasteiger partial charge in [0.15, 0.2) is 0 Å². The summed E-state index contributed by atoms with van der Waals surface area (Å²) in [4.78, 5) is 19.7. The molecule has 5 nitrogen and oxygen atoms in total. The van der Waals surface area contributed by atoms with Gasteiger partial charge in [-0.2, -0.15) is 0 Å². The van der Waals surface area contributed by atoms with Gasteiger partial charge in [0.25, 0.3) is 0 Å². The van der Waals surface area contributed by atoms with Crippen molar-refractivity contribution in [2.24, 2.45) is 5.73 Å². The molecule has 0 saturated heterocycles. The number of nitrogens with two attached hydrogens (primary N) is 1. The molecule has 3 rings (SSSR count). The third-order valence-corrected chi connectivity index (χ3v) is 4.47. The van der Waals surface area contributed by atoms with Crippen molar-refractivity contribution in [3.63, 3.8) is 0 Å². The number of carbonyl (C=O) groups is 1. The Morgan fingerprint density at radius 2 is 1.96 bits per heavy atom. The summed E-state index contributed by atoms with van der Waals surface area (Å²) in [5, 5.41) is 3.73. The lowest BCUT2D eigenvalue weighted by Crippen LogP contribution is -2.48. The maximum absolute atomic E-state index is 13.9. The van der Waals surface area contributed by atoms with Crippen LogP contribution in [0.15, 0.2) is 36.5 Å². The number of aromatic nitrogens is 2. The number of hydrogen-bond acceptors (Lipinski definition) is 3. The molecule has 1 amide bonds. The Hall–Kier alpha value is -2.73. The second-order valence-corrected chi connectivity index (χ2v) is 7.13. The lowest BCUT2D eigenvalue weighted by molar-refractivity contribution is -0.120. The number of rotatable bonds is 4. The van der Waals surface area contributed by atoms with Crippen molar-refractivity contribution in [1.82, 2.24) is 9.97 Å². The van der Waals surface area contributed by atoms with Crippen molar-refractivity contribution >= 4 is 22.6 Å². The SMILES string of the molecule is Cc1cc2c(-c3ccc(NC(=O)[C@H](N)C(C)(C)F)cc3C)ccnc2[nH]1. The standard InChI is InChI=1S/C20H23FN4O/c1-11-9-13(25-19(26)17(22)20(3,4)21)5-6-14(11)15-7-8-23-18-16(15)10-12(2)24-18/h5-10,17H,22H2,1-4H3,(H,23,24)(H,25,26)/t17-/m0/s1. The van der Waals surface area contributed by atoms with Crippen molar-refractivity contribution < 1.29 is 9.18 Å².